The van der Waals surface area contributed by atoms with E-state index in [0.717, 1.165) is 37.8 Å². The van der Waals surface area contributed by atoms with E-state index in [4.69, 9.17) is 5.73 Å². The Morgan fingerprint density at radius 3 is 2.42 bits per heavy atom. The van der Waals surface area contributed by atoms with Gasteiger partial charge in [-0.2, -0.15) is 0 Å². The molecule has 0 spiro atoms. The number of carbonyl (C=O) groups is 1. The van der Waals surface area contributed by atoms with Gasteiger partial charge in [-0.05, 0) is 43.9 Å². The minimum absolute atomic E-state index is 0. The standard InChI is InChI=1S/C18H28N4O.3ClH/c1-14(19)11-18(23)20-16-3-2-4-17(12-16)22-9-7-21(8-10-22)13-15-5-6-15;;;/h2-4,12,14-15H,5-11,13,19H2,1H3,(H,20,23);3*1H. The van der Waals surface area contributed by atoms with Gasteiger partial charge in [-0.15, -0.1) is 37.2 Å². The van der Waals surface area contributed by atoms with Gasteiger partial charge in [-0.3, -0.25) is 9.69 Å². The summed E-state index contributed by atoms with van der Waals surface area (Å²) in [4.78, 5) is 16.8. The molecule has 3 rings (SSSR count). The van der Waals surface area contributed by atoms with Crippen molar-refractivity contribution in [3.63, 3.8) is 0 Å². The van der Waals surface area contributed by atoms with Crippen molar-refractivity contribution in [2.75, 3.05) is 42.9 Å². The molecule has 1 unspecified atom stereocenters. The largest absolute Gasteiger partial charge is 0.369 e. The first-order valence-electron chi connectivity index (χ1n) is 8.73. The molecule has 2 fully saturated rings. The van der Waals surface area contributed by atoms with Gasteiger partial charge in [0.15, 0.2) is 0 Å². The van der Waals surface area contributed by atoms with Crippen molar-refractivity contribution in [2.45, 2.75) is 32.2 Å². The van der Waals surface area contributed by atoms with Crippen molar-refractivity contribution >= 4 is 54.5 Å². The van der Waals surface area contributed by atoms with E-state index in [2.05, 4.69) is 27.2 Å². The summed E-state index contributed by atoms with van der Waals surface area (Å²) in [5.41, 5.74) is 7.72. The fourth-order valence-corrected chi connectivity index (χ4v) is 3.14. The van der Waals surface area contributed by atoms with Crippen LogP contribution in [0.15, 0.2) is 24.3 Å². The van der Waals surface area contributed by atoms with Gasteiger partial charge >= 0.3 is 0 Å². The predicted molar refractivity (Wildman–Crippen MR) is 116 cm³/mol. The number of hydrogen-bond acceptors (Lipinski definition) is 4. The summed E-state index contributed by atoms with van der Waals surface area (Å²) in [5.74, 6) is 0.941. The van der Waals surface area contributed by atoms with E-state index >= 15 is 0 Å². The highest BCUT2D eigenvalue weighted by Gasteiger charge is 2.26. The molecule has 1 heterocycles. The third kappa shape index (κ3) is 7.89. The second-order valence-electron chi connectivity index (χ2n) is 7.01. The highest BCUT2D eigenvalue weighted by Crippen LogP contribution is 2.30. The van der Waals surface area contributed by atoms with Gasteiger partial charge in [0.25, 0.3) is 0 Å². The molecule has 0 bridgehead atoms. The fraction of sp³-hybridized carbons (Fsp3) is 0.611. The SMILES string of the molecule is CC(N)CC(=O)Nc1cccc(N2CCN(CC3CC3)CC2)c1.Cl.Cl.Cl. The molecule has 3 N–H and O–H groups in total. The molecule has 5 nitrogen and oxygen atoms in total. The number of nitrogens with two attached hydrogens (primary N) is 1. The van der Waals surface area contributed by atoms with Crippen LogP contribution in [0, 0.1) is 5.92 Å². The Labute approximate surface area is 175 Å². The minimum atomic E-state index is -0.113. The third-order valence-electron chi connectivity index (χ3n) is 4.59. The van der Waals surface area contributed by atoms with Gasteiger partial charge in [0.1, 0.15) is 0 Å². The van der Waals surface area contributed by atoms with Crippen LogP contribution in [-0.4, -0.2) is 49.6 Å². The number of benzene rings is 1. The Morgan fingerprint density at radius 2 is 1.85 bits per heavy atom. The van der Waals surface area contributed by atoms with Crippen LogP contribution < -0.4 is 16.0 Å². The summed E-state index contributed by atoms with van der Waals surface area (Å²) >= 11 is 0. The van der Waals surface area contributed by atoms with Crippen LogP contribution in [0.2, 0.25) is 0 Å². The zero-order chi connectivity index (χ0) is 16.2. The lowest BCUT2D eigenvalue weighted by molar-refractivity contribution is -0.116. The number of carbonyl (C=O) groups excluding carboxylic acids is 1. The molecule has 8 heteroatoms. The molecule has 150 valence electrons. The summed E-state index contributed by atoms with van der Waals surface area (Å²) in [6.45, 7) is 7.52. The second-order valence-corrected chi connectivity index (χ2v) is 7.01. The first-order valence-corrected chi connectivity index (χ1v) is 8.73. The van der Waals surface area contributed by atoms with E-state index in [1.165, 1.54) is 25.1 Å². The molecule has 1 aromatic carbocycles. The van der Waals surface area contributed by atoms with Crippen molar-refractivity contribution in [1.29, 1.82) is 0 Å². The molecule has 26 heavy (non-hydrogen) atoms. The zero-order valence-electron chi connectivity index (χ0n) is 15.2. The maximum absolute atomic E-state index is 11.9. The summed E-state index contributed by atoms with van der Waals surface area (Å²) in [6, 6.07) is 8.02. The van der Waals surface area contributed by atoms with Crippen molar-refractivity contribution in [3.8, 4) is 0 Å². The number of piperazine rings is 1. The number of rotatable bonds is 6. The van der Waals surface area contributed by atoms with Gasteiger partial charge in [-0.25, -0.2) is 0 Å². The molecule has 1 amide bonds. The molecule has 1 saturated heterocycles. The lowest BCUT2D eigenvalue weighted by atomic mass is 10.2. The molecule has 1 atom stereocenters. The Bertz CT molecular complexity index is 547. The van der Waals surface area contributed by atoms with Gasteiger partial charge in [-0.1, -0.05) is 6.07 Å². The van der Waals surface area contributed by atoms with Crippen molar-refractivity contribution in [3.05, 3.63) is 24.3 Å². The highest BCUT2D eigenvalue weighted by atomic mass is 35.5. The van der Waals surface area contributed by atoms with Crippen LogP contribution in [0.1, 0.15) is 26.2 Å². The molecule has 0 aromatic heterocycles. The van der Waals surface area contributed by atoms with Gasteiger partial charge in [0, 0.05) is 56.6 Å². The number of nitrogens with zero attached hydrogens (tertiary/aromatic N) is 2. The highest BCUT2D eigenvalue weighted by molar-refractivity contribution is 5.91. The molecular weight excluding hydrogens is 395 g/mol. The molecule has 1 saturated carbocycles. The minimum Gasteiger partial charge on any atom is -0.369 e. The zero-order valence-corrected chi connectivity index (χ0v) is 17.7. The van der Waals surface area contributed by atoms with Crippen LogP contribution in [0.5, 0.6) is 0 Å². The average molecular weight is 426 g/mol. The summed E-state index contributed by atoms with van der Waals surface area (Å²) in [7, 11) is 0. The summed E-state index contributed by atoms with van der Waals surface area (Å²) in [6.07, 6.45) is 3.19. The smallest absolute Gasteiger partial charge is 0.225 e. The van der Waals surface area contributed by atoms with Crippen LogP contribution in [0.4, 0.5) is 11.4 Å². The van der Waals surface area contributed by atoms with E-state index in [1.54, 1.807) is 0 Å². The average Bonchev–Trinajstić information content (AvgIpc) is 3.31. The van der Waals surface area contributed by atoms with E-state index in [9.17, 15) is 4.79 Å². The van der Waals surface area contributed by atoms with Crippen LogP contribution in [-0.2, 0) is 4.79 Å². The lowest BCUT2D eigenvalue weighted by Gasteiger charge is -2.36. The molecule has 1 aromatic rings. The monoisotopic (exact) mass is 424 g/mol. The molecule has 1 aliphatic carbocycles. The lowest BCUT2D eigenvalue weighted by Crippen LogP contribution is -2.47. The predicted octanol–water partition coefficient (Wildman–Crippen LogP) is 3.16. The Kier molecular flexibility index (Phi) is 11.6. The first-order chi connectivity index (χ1) is 11.1. The molecule has 0 radical (unpaired) electrons. The fourth-order valence-electron chi connectivity index (χ4n) is 3.14. The number of anilines is 2. The van der Waals surface area contributed by atoms with E-state index in [-0.39, 0.29) is 49.2 Å². The topological polar surface area (TPSA) is 61.6 Å². The molecule has 2 aliphatic rings. The Morgan fingerprint density at radius 1 is 1.19 bits per heavy atom. The van der Waals surface area contributed by atoms with Crippen LogP contribution >= 0.6 is 37.2 Å². The van der Waals surface area contributed by atoms with Crippen molar-refractivity contribution < 1.29 is 4.79 Å². The van der Waals surface area contributed by atoms with E-state index < -0.39 is 0 Å². The van der Waals surface area contributed by atoms with E-state index in [0.29, 0.717) is 6.42 Å². The van der Waals surface area contributed by atoms with Crippen molar-refractivity contribution in [1.82, 2.24) is 4.90 Å². The number of hydrogen-bond donors (Lipinski definition) is 2. The summed E-state index contributed by atoms with van der Waals surface area (Å²) < 4.78 is 0. The summed E-state index contributed by atoms with van der Waals surface area (Å²) in [5, 5.41) is 2.94. The number of halogens is 3. The third-order valence-corrected chi connectivity index (χ3v) is 4.59. The Hall–Kier alpha value is -0.720. The van der Waals surface area contributed by atoms with Crippen LogP contribution in [0.25, 0.3) is 0 Å². The normalized spacial score (nSPS) is 18.0. The number of amides is 1. The van der Waals surface area contributed by atoms with E-state index in [1.807, 2.05) is 19.1 Å². The number of nitrogens with one attached hydrogen (secondary N) is 1. The maximum atomic E-state index is 11.9. The molecule has 1 aliphatic heterocycles. The molecular formula is C18H31Cl3N4O. The van der Waals surface area contributed by atoms with Gasteiger partial charge in [0.2, 0.25) is 5.91 Å². The van der Waals surface area contributed by atoms with Crippen molar-refractivity contribution in [2.24, 2.45) is 11.7 Å². The second kappa shape index (κ2) is 11.9. The quantitative estimate of drug-likeness (QED) is 0.735. The maximum Gasteiger partial charge on any atom is 0.225 e. The van der Waals surface area contributed by atoms with Crippen LogP contribution in [0.3, 0.4) is 0 Å². The van der Waals surface area contributed by atoms with Gasteiger partial charge in [0.05, 0.1) is 0 Å². The first kappa shape index (κ1) is 25.3. The Balaban J connectivity index is 0.00000208. The van der Waals surface area contributed by atoms with Gasteiger partial charge < -0.3 is 16.0 Å².